The molecule has 2 saturated heterocycles. The van der Waals surface area contributed by atoms with Crippen molar-refractivity contribution in [3.63, 3.8) is 0 Å². The highest BCUT2D eigenvalue weighted by molar-refractivity contribution is 7.91. The predicted octanol–water partition coefficient (Wildman–Crippen LogP) is 1.40. The summed E-state index contributed by atoms with van der Waals surface area (Å²) in [6, 6.07) is 7.41. The maximum absolute atomic E-state index is 13.3. The van der Waals surface area contributed by atoms with Crippen molar-refractivity contribution < 1.29 is 13.2 Å². The van der Waals surface area contributed by atoms with Gasteiger partial charge in [0, 0.05) is 24.5 Å². The molecule has 26 heavy (non-hydrogen) atoms. The van der Waals surface area contributed by atoms with Gasteiger partial charge in [0.05, 0.1) is 34.3 Å². The molecule has 0 spiro atoms. The molecule has 138 valence electrons. The second kappa shape index (κ2) is 6.03. The van der Waals surface area contributed by atoms with Crippen LogP contribution in [-0.2, 0) is 9.84 Å². The summed E-state index contributed by atoms with van der Waals surface area (Å²) in [5.74, 6) is 0.0672. The summed E-state index contributed by atoms with van der Waals surface area (Å²) in [7, 11) is -1.18. The molecular formula is C19H23N3O3S. The molecule has 3 heterocycles. The van der Waals surface area contributed by atoms with Gasteiger partial charge in [-0.15, -0.1) is 0 Å². The van der Waals surface area contributed by atoms with Gasteiger partial charge in [0.15, 0.2) is 9.84 Å². The highest BCUT2D eigenvalue weighted by Gasteiger charge is 2.47. The van der Waals surface area contributed by atoms with Crippen LogP contribution in [0.15, 0.2) is 24.3 Å². The molecule has 7 heteroatoms. The minimum absolute atomic E-state index is 0.0485. The normalized spacial score (nSPS) is 25.4. The third kappa shape index (κ3) is 2.79. The Kier molecular flexibility index (Phi) is 4.04. The number of sulfone groups is 1. The Morgan fingerprint density at radius 1 is 1.15 bits per heavy atom. The number of carbonyl (C=O) groups is 1. The summed E-state index contributed by atoms with van der Waals surface area (Å²) < 4.78 is 24.3. The van der Waals surface area contributed by atoms with Crippen molar-refractivity contribution in [1.82, 2.24) is 14.8 Å². The number of amides is 1. The number of hydrogen-bond acceptors (Lipinski definition) is 5. The summed E-state index contributed by atoms with van der Waals surface area (Å²) in [6.45, 7) is 5.07. The van der Waals surface area contributed by atoms with Crippen LogP contribution >= 0.6 is 0 Å². The number of benzene rings is 1. The zero-order chi connectivity index (χ0) is 18.6. The van der Waals surface area contributed by atoms with Crippen LogP contribution in [0, 0.1) is 13.8 Å². The smallest absolute Gasteiger partial charge is 0.256 e. The molecule has 0 bridgehead atoms. The topological polar surface area (TPSA) is 70.6 Å². The van der Waals surface area contributed by atoms with Crippen molar-refractivity contribution in [2.45, 2.75) is 25.9 Å². The Morgan fingerprint density at radius 2 is 1.88 bits per heavy atom. The van der Waals surface area contributed by atoms with Crippen LogP contribution in [0.3, 0.4) is 0 Å². The molecular weight excluding hydrogens is 350 g/mol. The van der Waals surface area contributed by atoms with E-state index in [1.807, 2.05) is 45.2 Å². The third-order valence-electron chi connectivity index (χ3n) is 5.68. The summed E-state index contributed by atoms with van der Waals surface area (Å²) in [5.41, 5.74) is 3.23. The summed E-state index contributed by atoms with van der Waals surface area (Å²) in [4.78, 5) is 21.7. The first-order valence-electron chi connectivity index (χ1n) is 8.85. The summed E-state index contributed by atoms with van der Waals surface area (Å²) >= 11 is 0. The van der Waals surface area contributed by atoms with Crippen molar-refractivity contribution >= 4 is 26.6 Å². The SMILES string of the molecule is Cc1nc2c(C)cccc2cc1C(=O)N1CCN(C)[C@H]2CS(=O)(=O)C[C@H]21. The highest BCUT2D eigenvalue weighted by atomic mass is 32.2. The number of carbonyl (C=O) groups excluding carboxylic acids is 1. The fourth-order valence-corrected chi connectivity index (χ4v) is 6.24. The van der Waals surface area contributed by atoms with Crippen molar-refractivity contribution in [2.75, 3.05) is 31.6 Å². The molecule has 0 unspecified atom stereocenters. The van der Waals surface area contributed by atoms with Crippen LogP contribution in [0.25, 0.3) is 10.9 Å². The maximum Gasteiger partial charge on any atom is 0.256 e. The lowest BCUT2D eigenvalue weighted by atomic mass is 10.0. The first kappa shape index (κ1) is 17.4. The zero-order valence-electron chi connectivity index (χ0n) is 15.3. The number of aryl methyl sites for hydroxylation is 2. The van der Waals surface area contributed by atoms with Gasteiger partial charge in [0.25, 0.3) is 5.91 Å². The van der Waals surface area contributed by atoms with E-state index >= 15 is 0 Å². The van der Waals surface area contributed by atoms with Gasteiger partial charge in [-0.25, -0.2) is 8.42 Å². The number of aromatic nitrogens is 1. The Morgan fingerprint density at radius 3 is 2.65 bits per heavy atom. The van der Waals surface area contributed by atoms with Crippen LogP contribution in [0.4, 0.5) is 0 Å². The molecule has 0 saturated carbocycles. The molecule has 0 radical (unpaired) electrons. The Balaban J connectivity index is 1.73. The standard InChI is InChI=1S/C19H23N3O3S/c1-12-5-4-6-14-9-15(13(2)20-18(12)14)19(23)22-8-7-21(3)16-10-26(24,25)11-17(16)22/h4-6,9,16-17H,7-8,10-11H2,1-3H3/t16-,17+/m0/s1. The summed E-state index contributed by atoms with van der Waals surface area (Å²) in [6.07, 6.45) is 0. The number of fused-ring (bicyclic) bond motifs is 2. The largest absolute Gasteiger partial charge is 0.332 e. The Labute approximate surface area is 153 Å². The molecule has 2 atom stereocenters. The maximum atomic E-state index is 13.3. The van der Waals surface area contributed by atoms with E-state index in [4.69, 9.17) is 0 Å². The van der Waals surface area contributed by atoms with Crippen LogP contribution in [0.1, 0.15) is 21.6 Å². The second-order valence-corrected chi connectivity index (χ2v) is 9.61. The zero-order valence-corrected chi connectivity index (χ0v) is 16.1. The van der Waals surface area contributed by atoms with Crippen molar-refractivity contribution in [3.05, 3.63) is 41.1 Å². The number of rotatable bonds is 1. The van der Waals surface area contributed by atoms with Gasteiger partial charge in [0.1, 0.15) is 0 Å². The molecule has 2 fully saturated rings. The lowest BCUT2D eigenvalue weighted by Gasteiger charge is -2.42. The second-order valence-electron chi connectivity index (χ2n) is 7.46. The number of pyridine rings is 1. The molecule has 2 aliphatic rings. The molecule has 2 aliphatic heterocycles. The highest BCUT2D eigenvalue weighted by Crippen LogP contribution is 2.28. The van der Waals surface area contributed by atoms with Gasteiger partial charge in [-0.05, 0) is 32.5 Å². The van der Waals surface area contributed by atoms with Crippen LogP contribution in [0.2, 0.25) is 0 Å². The van der Waals surface area contributed by atoms with Crippen LogP contribution in [-0.4, -0.2) is 72.8 Å². The van der Waals surface area contributed by atoms with E-state index in [1.165, 1.54) is 0 Å². The van der Waals surface area contributed by atoms with E-state index in [0.717, 1.165) is 16.5 Å². The first-order valence-corrected chi connectivity index (χ1v) is 10.7. The lowest BCUT2D eigenvalue weighted by molar-refractivity contribution is 0.0409. The molecule has 6 nitrogen and oxygen atoms in total. The molecule has 0 aliphatic carbocycles. The van der Waals surface area contributed by atoms with Gasteiger partial charge in [-0.3, -0.25) is 14.7 Å². The quantitative estimate of drug-likeness (QED) is 0.756. The van der Waals surface area contributed by atoms with E-state index in [0.29, 0.717) is 24.3 Å². The molecule has 1 aromatic carbocycles. The van der Waals surface area contributed by atoms with Crippen molar-refractivity contribution in [1.29, 1.82) is 0 Å². The van der Waals surface area contributed by atoms with E-state index in [9.17, 15) is 13.2 Å². The van der Waals surface area contributed by atoms with E-state index in [1.54, 1.807) is 4.90 Å². The molecule has 1 amide bonds. The lowest BCUT2D eigenvalue weighted by Crippen LogP contribution is -2.59. The van der Waals surface area contributed by atoms with Gasteiger partial charge in [0.2, 0.25) is 0 Å². The monoisotopic (exact) mass is 373 g/mol. The van der Waals surface area contributed by atoms with Gasteiger partial charge in [-0.2, -0.15) is 0 Å². The number of piperazine rings is 1. The number of para-hydroxylation sites is 1. The number of likely N-dealkylation sites (N-methyl/N-ethyl adjacent to an activating group) is 1. The minimum atomic E-state index is -3.11. The van der Waals surface area contributed by atoms with E-state index in [-0.39, 0.29) is 29.5 Å². The molecule has 1 aromatic heterocycles. The third-order valence-corrected chi connectivity index (χ3v) is 7.38. The van der Waals surface area contributed by atoms with Crippen LogP contribution in [0.5, 0.6) is 0 Å². The molecule has 0 N–H and O–H groups in total. The average Bonchev–Trinajstić information content (AvgIpc) is 2.91. The van der Waals surface area contributed by atoms with Gasteiger partial charge < -0.3 is 4.90 Å². The van der Waals surface area contributed by atoms with Crippen molar-refractivity contribution in [3.8, 4) is 0 Å². The fourth-order valence-electron chi connectivity index (χ4n) is 4.19. The average molecular weight is 373 g/mol. The molecule has 4 rings (SSSR count). The number of hydrogen-bond donors (Lipinski definition) is 0. The Hall–Kier alpha value is -1.99. The van der Waals surface area contributed by atoms with Gasteiger partial charge >= 0.3 is 0 Å². The predicted molar refractivity (Wildman–Crippen MR) is 101 cm³/mol. The van der Waals surface area contributed by atoms with Crippen molar-refractivity contribution in [2.24, 2.45) is 0 Å². The minimum Gasteiger partial charge on any atom is -0.332 e. The first-order chi connectivity index (χ1) is 12.3. The number of nitrogens with zero attached hydrogens (tertiary/aromatic N) is 3. The fraction of sp³-hybridized carbons (Fsp3) is 0.474. The van der Waals surface area contributed by atoms with E-state index < -0.39 is 9.84 Å². The molecule has 2 aromatic rings. The van der Waals surface area contributed by atoms with E-state index in [2.05, 4.69) is 9.88 Å². The Bertz CT molecular complexity index is 1000. The summed E-state index contributed by atoms with van der Waals surface area (Å²) in [5, 5.41) is 0.934. The van der Waals surface area contributed by atoms with Crippen LogP contribution < -0.4 is 0 Å². The van der Waals surface area contributed by atoms with Gasteiger partial charge in [-0.1, -0.05) is 18.2 Å².